The van der Waals surface area contributed by atoms with Gasteiger partial charge in [-0.05, 0) is 12.1 Å². The van der Waals surface area contributed by atoms with E-state index < -0.39 is 0 Å². The fourth-order valence-corrected chi connectivity index (χ4v) is 2.01. The fourth-order valence-electron chi connectivity index (χ4n) is 1.48. The molecule has 6 heteroatoms. The molecule has 1 N–H and O–H groups in total. The summed E-state index contributed by atoms with van der Waals surface area (Å²) in [5.41, 5.74) is 0.922. The number of hydrogen-bond acceptors (Lipinski definition) is 6. The van der Waals surface area contributed by atoms with Crippen LogP contribution in [0.25, 0.3) is 11.5 Å². The van der Waals surface area contributed by atoms with E-state index in [0.29, 0.717) is 18.3 Å². The molecule has 0 aliphatic carbocycles. The molecule has 3 rings (SSSR count). The van der Waals surface area contributed by atoms with Gasteiger partial charge in [0.05, 0.1) is 6.54 Å². The van der Waals surface area contributed by atoms with Crippen molar-refractivity contribution in [3.8, 4) is 11.5 Å². The maximum Gasteiger partial charge on any atom is 0.247 e. The molecular formula is C12H10N4OS. The molecule has 0 aliphatic heterocycles. The van der Waals surface area contributed by atoms with E-state index in [4.69, 9.17) is 4.42 Å². The first-order valence-corrected chi connectivity index (χ1v) is 6.31. The van der Waals surface area contributed by atoms with Crippen LogP contribution in [-0.2, 0) is 6.54 Å². The summed E-state index contributed by atoms with van der Waals surface area (Å²) in [7, 11) is 0. The maximum absolute atomic E-state index is 5.56. The molecule has 0 aliphatic rings. The van der Waals surface area contributed by atoms with E-state index in [1.807, 2.05) is 35.7 Å². The molecule has 90 valence electrons. The summed E-state index contributed by atoms with van der Waals surface area (Å²) in [5, 5.41) is 13.9. The predicted octanol–water partition coefficient (Wildman–Crippen LogP) is 2.81. The Morgan fingerprint density at radius 1 is 1.17 bits per heavy atom. The Balaban J connectivity index is 1.70. The van der Waals surface area contributed by atoms with Gasteiger partial charge in [-0.2, -0.15) is 0 Å². The summed E-state index contributed by atoms with van der Waals surface area (Å²) in [6.45, 7) is 0.480. The van der Waals surface area contributed by atoms with Gasteiger partial charge < -0.3 is 9.73 Å². The molecule has 0 saturated carbocycles. The molecule has 5 nitrogen and oxygen atoms in total. The van der Waals surface area contributed by atoms with Crippen LogP contribution in [0.2, 0.25) is 0 Å². The highest BCUT2D eigenvalue weighted by atomic mass is 32.1. The van der Waals surface area contributed by atoms with E-state index in [2.05, 4.69) is 20.5 Å². The molecule has 0 radical (unpaired) electrons. The van der Waals surface area contributed by atoms with Crippen LogP contribution in [0.1, 0.15) is 5.89 Å². The summed E-state index contributed by atoms with van der Waals surface area (Å²) in [6.07, 6.45) is 1.75. The van der Waals surface area contributed by atoms with Crippen molar-refractivity contribution in [3.05, 3.63) is 47.8 Å². The number of nitrogens with zero attached hydrogens (tertiary/aromatic N) is 3. The smallest absolute Gasteiger partial charge is 0.247 e. The van der Waals surface area contributed by atoms with Crippen LogP contribution in [0.5, 0.6) is 0 Å². The summed E-state index contributed by atoms with van der Waals surface area (Å²) >= 11 is 1.53. The molecule has 0 atom stereocenters. The van der Waals surface area contributed by atoms with Crippen LogP contribution in [0.15, 0.2) is 46.3 Å². The van der Waals surface area contributed by atoms with E-state index in [1.54, 1.807) is 6.20 Å². The van der Waals surface area contributed by atoms with Crippen molar-refractivity contribution in [2.24, 2.45) is 0 Å². The summed E-state index contributed by atoms with van der Waals surface area (Å²) < 4.78 is 5.56. The highest BCUT2D eigenvalue weighted by molar-refractivity contribution is 7.13. The van der Waals surface area contributed by atoms with Crippen LogP contribution in [0.3, 0.4) is 0 Å². The van der Waals surface area contributed by atoms with Crippen LogP contribution in [-0.4, -0.2) is 15.2 Å². The zero-order valence-corrected chi connectivity index (χ0v) is 10.2. The molecule has 3 aromatic rings. The average Bonchev–Trinajstić information content (AvgIpc) is 3.09. The van der Waals surface area contributed by atoms with Crippen LogP contribution >= 0.6 is 11.3 Å². The lowest BCUT2D eigenvalue weighted by atomic mass is 10.2. The summed E-state index contributed by atoms with van der Waals surface area (Å²) in [6, 6.07) is 9.70. The van der Waals surface area contributed by atoms with Gasteiger partial charge in [0, 0.05) is 17.1 Å². The van der Waals surface area contributed by atoms with Gasteiger partial charge in [0.1, 0.15) is 0 Å². The molecule has 0 unspecified atom stereocenters. The number of rotatable bonds is 4. The normalized spacial score (nSPS) is 10.4. The highest BCUT2D eigenvalue weighted by Crippen LogP contribution is 2.18. The second-order valence-corrected chi connectivity index (χ2v) is 4.45. The van der Waals surface area contributed by atoms with Crippen molar-refractivity contribution in [2.75, 3.05) is 5.32 Å². The number of aromatic nitrogens is 3. The predicted molar refractivity (Wildman–Crippen MR) is 69.2 cm³/mol. The van der Waals surface area contributed by atoms with Crippen molar-refractivity contribution in [3.63, 3.8) is 0 Å². The van der Waals surface area contributed by atoms with Crippen molar-refractivity contribution < 1.29 is 4.42 Å². The third-order valence-corrected chi connectivity index (χ3v) is 3.04. The number of thiazole rings is 1. The number of hydrogen-bond donors (Lipinski definition) is 1. The second-order valence-electron chi connectivity index (χ2n) is 3.56. The van der Waals surface area contributed by atoms with Gasteiger partial charge in [0.15, 0.2) is 5.13 Å². The topological polar surface area (TPSA) is 63.8 Å². The summed E-state index contributed by atoms with van der Waals surface area (Å²) in [5.74, 6) is 1.08. The first kappa shape index (κ1) is 10.9. The number of nitrogens with one attached hydrogen (secondary N) is 1. The van der Waals surface area contributed by atoms with Gasteiger partial charge in [-0.1, -0.05) is 18.2 Å². The first-order valence-electron chi connectivity index (χ1n) is 5.43. The highest BCUT2D eigenvalue weighted by Gasteiger charge is 2.07. The van der Waals surface area contributed by atoms with E-state index in [1.165, 1.54) is 11.3 Å². The molecule has 0 fully saturated rings. The molecule has 0 spiro atoms. The van der Waals surface area contributed by atoms with Gasteiger partial charge >= 0.3 is 0 Å². The Kier molecular flexibility index (Phi) is 3.01. The van der Waals surface area contributed by atoms with Crippen molar-refractivity contribution >= 4 is 16.5 Å². The van der Waals surface area contributed by atoms with Crippen molar-refractivity contribution in [1.29, 1.82) is 0 Å². The molecule has 18 heavy (non-hydrogen) atoms. The molecule has 0 amide bonds. The van der Waals surface area contributed by atoms with E-state index >= 15 is 0 Å². The zero-order valence-electron chi connectivity index (χ0n) is 9.41. The maximum atomic E-state index is 5.56. The molecule has 2 aromatic heterocycles. The van der Waals surface area contributed by atoms with Crippen molar-refractivity contribution in [2.45, 2.75) is 6.54 Å². The van der Waals surface area contributed by atoms with Gasteiger partial charge in [0.2, 0.25) is 11.8 Å². The average molecular weight is 258 g/mol. The largest absolute Gasteiger partial charge is 0.419 e. The van der Waals surface area contributed by atoms with Crippen LogP contribution in [0, 0.1) is 0 Å². The Hall–Kier alpha value is -2.21. The summed E-state index contributed by atoms with van der Waals surface area (Å²) in [4.78, 5) is 4.11. The fraction of sp³-hybridized carbons (Fsp3) is 0.0833. The molecule has 1 aromatic carbocycles. The van der Waals surface area contributed by atoms with Gasteiger partial charge in [-0.25, -0.2) is 4.98 Å². The van der Waals surface area contributed by atoms with E-state index in [0.717, 1.165) is 10.7 Å². The number of anilines is 1. The first-order chi connectivity index (χ1) is 8.92. The third kappa shape index (κ3) is 2.38. The molecular weight excluding hydrogens is 248 g/mol. The van der Waals surface area contributed by atoms with Gasteiger partial charge in [-0.15, -0.1) is 21.5 Å². The van der Waals surface area contributed by atoms with Crippen molar-refractivity contribution in [1.82, 2.24) is 15.2 Å². The Morgan fingerprint density at radius 3 is 2.83 bits per heavy atom. The lowest BCUT2D eigenvalue weighted by molar-refractivity contribution is 0.515. The zero-order chi connectivity index (χ0) is 12.2. The lowest BCUT2D eigenvalue weighted by Crippen LogP contribution is -1.98. The minimum atomic E-state index is 0.480. The monoisotopic (exact) mass is 258 g/mol. The number of benzene rings is 1. The third-order valence-electron chi connectivity index (χ3n) is 2.31. The van der Waals surface area contributed by atoms with Crippen LogP contribution in [0.4, 0.5) is 5.13 Å². The lowest BCUT2D eigenvalue weighted by Gasteiger charge is -1.96. The Labute approximate surface area is 108 Å². The standard InChI is InChI=1S/C12H10N4OS/c1-2-4-9(5-3-1)11-16-15-10(17-11)8-14-12-13-6-7-18-12/h1-7H,8H2,(H,13,14). The quantitative estimate of drug-likeness (QED) is 0.779. The van der Waals surface area contributed by atoms with E-state index in [9.17, 15) is 0 Å². The molecule has 0 bridgehead atoms. The van der Waals surface area contributed by atoms with Gasteiger partial charge in [-0.3, -0.25) is 0 Å². The minimum Gasteiger partial charge on any atom is -0.419 e. The SMILES string of the molecule is c1ccc(-c2nnc(CNc3nccs3)o2)cc1. The molecule has 0 saturated heterocycles. The Bertz CT molecular complexity index is 606. The van der Waals surface area contributed by atoms with E-state index in [-0.39, 0.29) is 0 Å². The molecule has 2 heterocycles. The minimum absolute atomic E-state index is 0.480. The van der Waals surface area contributed by atoms with Gasteiger partial charge in [0.25, 0.3) is 0 Å². The second kappa shape index (κ2) is 4.97. The Morgan fingerprint density at radius 2 is 2.06 bits per heavy atom. The van der Waals surface area contributed by atoms with Crippen LogP contribution < -0.4 is 5.32 Å².